The van der Waals surface area contributed by atoms with Gasteiger partial charge in [0, 0.05) is 41.4 Å². The number of phenols is 1. The predicted molar refractivity (Wildman–Crippen MR) is 132 cm³/mol. The van der Waals surface area contributed by atoms with Crippen LogP contribution < -0.4 is 15.0 Å². The van der Waals surface area contributed by atoms with E-state index in [4.69, 9.17) is 4.74 Å². The number of fused-ring (bicyclic) bond motifs is 2. The van der Waals surface area contributed by atoms with Gasteiger partial charge in [0.15, 0.2) is 5.82 Å². The minimum atomic E-state index is 0.123. The Hall–Kier alpha value is -3.26. The van der Waals surface area contributed by atoms with Crippen molar-refractivity contribution in [2.24, 2.45) is 0 Å². The minimum Gasteiger partial charge on any atom is -0.507 e. The molecule has 0 aliphatic carbocycles. The average molecular weight is 461 g/mol. The summed E-state index contributed by atoms with van der Waals surface area (Å²) in [7, 11) is 3.67. The first kappa shape index (κ1) is 22.5. The Labute approximate surface area is 200 Å². The summed E-state index contributed by atoms with van der Waals surface area (Å²) in [5, 5.41) is 23.6. The molecule has 0 radical (unpaired) electrons. The first-order chi connectivity index (χ1) is 16.3. The highest BCUT2D eigenvalue weighted by atomic mass is 16.5. The number of aromatic nitrogens is 4. The molecule has 2 N–H and O–H groups in total. The van der Waals surface area contributed by atoms with E-state index < -0.39 is 0 Å². The molecule has 8 nitrogen and oxygen atoms in total. The van der Waals surface area contributed by atoms with Crippen molar-refractivity contribution in [2.75, 3.05) is 19.1 Å². The number of ether oxygens (including phenoxy) is 1. The molecule has 2 saturated heterocycles. The lowest BCUT2D eigenvalue weighted by Gasteiger charge is -2.55. The average Bonchev–Trinajstić information content (AvgIpc) is 2.82. The summed E-state index contributed by atoms with van der Waals surface area (Å²) in [4.78, 5) is 10.6. The number of nitrogens with one attached hydrogen (secondary N) is 1. The molecule has 5 rings (SSSR count). The van der Waals surface area contributed by atoms with Gasteiger partial charge in [0.2, 0.25) is 5.88 Å². The fourth-order valence-electron chi connectivity index (χ4n) is 5.78. The van der Waals surface area contributed by atoms with Crippen molar-refractivity contribution in [3.05, 3.63) is 42.7 Å². The maximum atomic E-state index is 10.7. The van der Waals surface area contributed by atoms with Crippen LogP contribution in [0.25, 0.3) is 22.5 Å². The summed E-state index contributed by atoms with van der Waals surface area (Å²) in [5.41, 5.74) is 3.05. The van der Waals surface area contributed by atoms with Gasteiger partial charge in [-0.15, -0.1) is 10.2 Å². The number of hydrogen-bond acceptors (Lipinski definition) is 8. The van der Waals surface area contributed by atoms with Crippen LogP contribution in [0.4, 0.5) is 5.82 Å². The second-order valence-electron chi connectivity index (χ2n) is 10.2. The number of methoxy groups -OCH3 is 1. The van der Waals surface area contributed by atoms with E-state index in [2.05, 4.69) is 51.3 Å². The van der Waals surface area contributed by atoms with E-state index in [0.29, 0.717) is 28.9 Å². The van der Waals surface area contributed by atoms with Crippen molar-refractivity contribution < 1.29 is 9.84 Å². The van der Waals surface area contributed by atoms with E-state index in [0.717, 1.165) is 24.2 Å². The van der Waals surface area contributed by atoms with Crippen LogP contribution in [-0.4, -0.2) is 56.5 Å². The molecule has 4 heterocycles. The number of nitrogens with zero attached hydrogens (tertiary/aromatic N) is 5. The molecule has 3 aromatic rings. The molecular formula is C26H32N6O2. The molecule has 2 aromatic heterocycles. The number of piperidine rings is 2. The molecule has 178 valence electrons. The molecule has 0 unspecified atom stereocenters. The fraction of sp³-hybridized carbons (Fsp3) is 0.462. The maximum Gasteiger partial charge on any atom is 0.216 e. The van der Waals surface area contributed by atoms with Crippen molar-refractivity contribution in [2.45, 2.75) is 63.1 Å². The van der Waals surface area contributed by atoms with Crippen LogP contribution in [0.2, 0.25) is 0 Å². The molecule has 1 aromatic carbocycles. The molecule has 0 spiro atoms. The highest BCUT2D eigenvalue weighted by Gasteiger charge is 2.46. The Balaban J connectivity index is 1.35. The molecule has 34 heavy (non-hydrogen) atoms. The molecule has 2 aliphatic heterocycles. The Morgan fingerprint density at radius 3 is 2.41 bits per heavy atom. The van der Waals surface area contributed by atoms with Gasteiger partial charge in [-0.2, -0.15) is 0 Å². The second kappa shape index (κ2) is 8.51. The second-order valence-corrected chi connectivity index (χ2v) is 10.2. The Kier molecular flexibility index (Phi) is 5.64. The van der Waals surface area contributed by atoms with Gasteiger partial charge in [-0.1, -0.05) is 6.07 Å². The van der Waals surface area contributed by atoms with Gasteiger partial charge in [-0.3, -0.25) is 0 Å². The highest BCUT2D eigenvalue weighted by Crippen LogP contribution is 2.42. The van der Waals surface area contributed by atoms with Crippen LogP contribution in [0.1, 0.15) is 46.0 Å². The van der Waals surface area contributed by atoms with Crippen molar-refractivity contribution in [3.63, 3.8) is 0 Å². The van der Waals surface area contributed by atoms with E-state index in [-0.39, 0.29) is 16.8 Å². The highest BCUT2D eigenvalue weighted by molar-refractivity contribution is 5.73. The zero-order chi connectivity index (χ0) is 23.9. The molecule has 0 amide bonds. The van der Waals surface area contributed by atoms with E-state index in [1.807, 2.05) is 24.3 Å². The molecule has 2 aliphatic rings. The Morgan fingerprint density at radius 1 is 1.00 bits per heavy atom. The topological polar surface area (TPSA) is 96.3 Å². The lowest BCUT2D eigenvalue weighted by atomic mass is 9.69. The number of benzene rings is 1. The van der Waals surface area contributed by atoms with Crippen molar-refractivity contribution >= 4 is 5.82 Å². The summed E-state index contributed by atoms with van der Waals surface area (Å²) in [6.45, 7) is 4.70. The van der Waals surface area contributed by atoms with Crippen LogP contribution in [0, 0.1) is 0 Å². The number of phenolic OH excluding ortho intramolecular Hbond substituents is 1. The van der Waals surface area contributed by atoms with E-state index in [1.165, 1.54) is 25.6 Å². The van der Waals surface area contributed by atoms with Crippen molar-refractivity contribution in [1.82, 2.24) is 25.5 Å². The van der Waals surface area contributed by atoms with Crippen LogP contribution in [-0.2, 0) is 0 Å². The van der Waals surface area contributed by atoms with Crippen molar-refractivity contribution in [1.29, 1.82) is 0 Å². The molecule has 8 heteroatoms. The van der Waals surface area contributed by atoms with E-state index in [1.54, 1.807) is 19.2 Å². The van der Waals surface area contributed by atoms with Gasteiger partial charge >= 0.3 is 0 Å². The van der Waals surface area contributed by atoms with Gasteiger partial charge in [-0.25, -0.2) is 9.97 Å². The Bertz CT molecular complexity index is 1170. The lowest BCUT2D eigenvalue weighted by molar-refractivity contribution is 0.0784. The zero-order valence-electron chi connectivity index (χ0n) is 20.2. The first-order valence-corrected chi connectivity index (χ1v) is 11.8. The molecular weight excluding hydrogens is 428 g/mol. The van der Waals surface area contributed by atoms with Crippen LogP contribution in [0.3, 0.4) is 0 Å². The normalized spacial score (nSPS) is 26.2. The monoisotopic (exact) mass is 460 g/mol. The zero-order valence-corrected chi connectivity index (χ0v) is 20.2. The maximum absolute atomic E-state index is 10.7. The SMILES string of the molecule is COc1cc(-c2ccc(-c3ccc(N(C)[C@@H]4C[C@]5(C)CCC[C@](C)(C4)N5)nn3)c(O)c2)ncn1. The summed E-state index contributed by atoms with van der Waals surface area (Å²) >= 11 is 0. The van der Waals surface area contributed by atoms with Gasteiger partial charge in [0.1, 0.15) is 12.1 Å². The number of aromatic hydroxyl groups is 1. The fourth-order valence-corrected chi connectivity index (χ4v) is 5.78. The van der Waals surface area contributed by atoms with E-state index >= 15 is 0 Å². The van der Waals surface area contributed by atoms with Gasteiger partial charge < -0.3 is 20.1 Å². The molecule has 2 fully saturated rings. The quantitative estimate of drug-likeness (QED) is 0.585. The third kappa shape index (κ3) is 4.30. The summed E-state index contributed by atoms with van der Waals surface area (Å²) < 4.78 is 5.17. The standard InChI is InChI=1S/C26H32N6O2/c1-25-10-5-11-26(2,31-25)15-18(14-25)32(3)23-9-8-20(29-30-23)19-7-6-17(12-22(19)33)21-13-24(34-4)28-16-27-21/h6-9,12-13,16,18,31,33H,5,10-11,14-15H2,1-4H3/t18-,25+,26-. The summed E-state index contributed by atoms with van der Waals surface area (Å²) in [6.07, 6.45) is 7.36. The summed E-state index contributed by atoms with van der Waals surface area (Å²) in [5.74, 6) is 1.45. The molecule has 2 bridgehead atoms. The van der Waals surface area contributed by atoms with Gasteiger partial charge in [-0.05, 0) is 70.2 Å². The van der Waals surface area contributed by atoms with Crippen LogP contribution >= 0.6 is 0 Å². The third-order valence-electron chi connectivity index (χ3n) is 7.41. The van der Waals surface area contributed by atoms with Crippen LogP contribution in [0.15, 0.2) is 42.7 Å². The number of rotatable bonds is 5. The first-order valence-electron chi connectivity index (χ1n) is 11.8. The van der Waals surface area contributed by atoms with Crippen LogP contribution in [0.5, 0.6) is 11.6 Å². The van der Waals surface area contributed by atoms with Crippen molar-refractivity contribution in [3.8, 4) is 34.1 Å². The molecule has 3 atom stereocenters. The van der Waals surface area contributed by atoms with Gasteiger partial charge in [0.25, 0.3) is 0 Å². The Morgan fingerprint density at radius 2 is 1.76 bits per heavy atom. The smallest absolute Gasteiger partial charge is 0.216 e. The summed E-state index contributed by atoms with van der Waals surface area (Å²) in [6, 6.07) is 11.5. The third-order valence-corrected chi connectivity index (χ3v) is 7.41. The van der Waals surface area contributed by atoms with E-state index in [9.17, 15) is 5.11 Å². The largest absolute Gasteiger partial charge is 0.507 e. The number of hydrogen-bond donors (Lipinski definition) is 2. The van der Waals surface area contributed by atoms with Gasteiger partial charge in [0.05, 0.1) is 18.5 Å². The minimum absolute atomic E-state index is 0.123. The lowest BCUT2D eigenvalue weighted by Crippen LogP contribution is -2.66. The number of anilines is 1. The molecule has 0 saturated carbocycles. The predicted octanol–water partition coefficient (Wildman–Crippen LogP) is 4.20.